The molecule has 3 nitrogen and oxygen atoms in total. The number of aliphatic hydroxyl groups is 1. The second-order valence-electron chi connectivity index (χ2n) is 3.16. The van der Waals surface area contributed by atoms with Crippen molar-refractivity contribution in [3.8, 4) is 0 Å². The fourth-order valence-electron chi connectivity index (χ4n) is 1.16. The zero-order chi connectivity index (χ0) is 10.9. The minimum atomic E-state index is -1.19. The maximum absolute atomic E-state index is 13.2. The van der Waals surface area contributed by atoms with Gasteiger partial charge in [0, 0.05) is 0 Å². The van der Waals surface area contributed by atoms with E-state index in [-0.39, 0.29) is 16.7 Å². The average molecular weight is 198 g/mol. The Kier molecular flexibility index (Phi) is 2.86. The van der Waals surface area contributed by atoms with Gasteiger partial charge in [-0.25, -0.2) is 9.18 Å². The number of carboxylic acid groups (broad SMARTS) is 1. The van der Waals surface area contributed by atoms with Crippen LogP contribution in [0.25, 0.3) is 0 Å². The van der Waals surface area contributed by atoms with Crippen LogP contribution in [-0.4, -0.2) is 16.2 Å². The van der Waals surface area contributed by atoms with Crippen molar-refractivity contribution in [2.24, 2.45) is 0 Å². The molecule has 1 aromatic rings. The number of hydrogen-bond acceptors (Lipinski definition) is 2. The first-order chi connectivity index (χ1) is 6.43. The van der Waals surface area contributed by atoms with Crippen molar-refractivity contribution in [3.05, 3.63) is 34.6 Å². The molecule has 0 heterocycles. The Labute approximate surface area is 80.8 Å². The molecule has 76 valence electrons. The Morgan fingerprint density at radius 2 is 2.07 bits per heavy atom. The van der Waals surface area contributed by atoms with Crippen LogP contribution in [0.4, 0.5) is 4.39 Å². The molecule has 4 heteroatoms. The SMILES string of the molecule is Cc1c(F)cc(C(C)O)cc1C(=O)O. The third kappa shape index (κ3) is 1.90. The van der Waals surface area contributed by atoms with E-state index in [1.165, 1.54) is 19.9 Å². The molecule has 1 aromatic carbocycles. The number of aliphatic hydroxyl groups excluding tert-OH is 1. The van der Waals surface area contributed by atoms with E-state index in [9.17, 15) is 14.3 Å². The Balaban J connectivity index is 3.35. The molecule has 0 aliphatic rings. The molecule has 1 rings (SSSR count). The molecule has 0 aromatic heterocycles. The maximum atomic E-state index is 13.2. The van der Waals surface area contributed by atoms with Gasteiger partial charge in [0.05, 0.1) is 11.7 Å². The largest absolute Gasteiger partial charge is 0.478 e. The number of carboxylic acids is 1. The standard InChI is InChI=1S/C10H11FO3/c1-5-8(10(13)14)3-7(6(2)12)4-9(5)11/h3-4,6,12H,1-2H3,(H,13,14). The Morgan fingerprint density at radius 3 is 2.50 bits per heavy atom. The van der Waals surface area contributed by atoms with E-state index in [2.05, 4.69) is 0 Å². The van der Waals surface area contributed by atoms with Crippen LogP contribution in [0.3, 0.4) is 0 Å². The van der Waals surface area contributed by atoms with Gasteiger partial charge in [-0.05, 0) is 37.1 Å². The molecule has 14 heavy (non-hydrogen) atoms. The summed E-state index contributed by atoms with van der Waals surface area (Å²) in [5.74, 6) is -1.80. The van der Waals surface area contributed by atoms with Crippen LogP contribution in [0.15, 0.2) is 12.1 Å². The smallest absolute Gasteiger partial charge is 0.336 e. The zero-order valence-corrected chi connectivity index (χ0v) is 7.91. The van der Waals surface area contributed by atoms with Crippen molar-refractivity contribution in [1.29, 1.82) is 0 Å². The molecule has 0 saturated carbocycles. The second kappa shape index (κ2) is 3.75. The first kappa shape index (κ1) is 10.7. The van der Waals surface area contributed by atoms with Crippen LogP contribution < -0.4 is 0 Å². The summed E-state index contributed by atoms with van der Waals surface area (Å²) in [6.07, 6.45) is -0.872. The van der Waals surface area contributed by atoms with Gasteiger partial charge in [-0.2, -0.15) is 0 Å². The van der Waals surface area contributed by atoms with Crippen molar-refractivity contribution in [2.45, 2.75) is 20.0 Å². The molecule has 0 radical (unpaired) electrons. The van der Waals surface area contributed by atoms with Crippen LogP contribution in [0, 0.1) is 12.7 Å². The lowest BCUT2D eigenvalue weighted by molar-refractivity contribution is 0.0695. The summed E-state index contributed by atoms with van der Waals surface area (Å²) in [5.41, 5.74) is 0.244. The van der Waals surface area contributed by atoms with Gasteiger partial charge in [0.2, 0.25) is 0 Å². The Morgan fingerprint density at radius 1 is 1.50 bits per heavy atom. The quantitative estimate of drug-likeness (QED) is 0.762. The summed E-state index contributed by atoms with van der Waals surface area (Å²) < 4.78 is 13.2. The van der Waals surface area contributed by atoms with Gasteiger partial charge in [0.25, 0.3) is 0 Å². The topological polar surface area (TPSA) is 57.5 Å². The molecular weight excluding hydrogens is 187 g/mol. The fourth-order valence-corrected chi connectivity index (χ4v) is 1.16. The molecule has 0 aliphatic carbocycles. The summed E-state index contributed by atoms with van der Waals surface area (Å²) in [6, 6.07) is 2.43. The zero-order valence-electron chi connectivity index (χ0n) is 7.91. The van der Waals surface area contributed by atoms with Gasteiger partial charge in [-0.1, -0.05) is 0 Å². The monoisotopic (exact) mass is 198 g/mol. The van der Waals surface area contributed by atoms with Gasteiger partial charge < -0.3 is 10.2 Å². The van der Waals surface area contributed by atoms with Crippen molar-refractivity contribution in [1.82, 2.24) is 0 Å². The van der Waals surface area contributed by atoms with Crippen LogP contribution in [0.5, 0.6) is 0 Å². The summed E-state index contributed by atoms with van der Waals surface area (Å²) >= 11 is 0. The summed E-state index contributed by atoms with van der Waals surface area (Å²) in [5, 5.41) is 17.9. The number of carbonyl (C=O) groups is 1. The van der Waals surface area contributed by atoms with Crippen molar-refractivity contribution >= 4 is 5.97 Å². The van der Waals surface area contributed by atoms with Crippen LogP contribution in [0.1, 0.15) is 34.5 Å². The molecule has 1 atom stereocenters. The lowest BCUT2D eigenvalue weighted by atomic mass is 10.0. The first-order valence-electron chi connectivity index (χ1n) is 4.15. The first-order valence-corrected chi connectivity index (χ1v) is 4.15. The highest BCUT2D eigenvalue weighted by molar-refractivity contribution is 5.89. The van der Waals surface area contributed by atoms with Gasteiger partial charge in [-0.3, -0.25) is 0 Å². The molecule has 0 bridgehead atoms. The lowest BCUT2D eigenvalue weighted by Crippen LogP contribution is -2.05. The van der Waals surface area contributed by atoms with E-state index in [1.54, 1.807) is 0 Å². The van der Waals surface area contributed by atoms with E-state index in [0.717, 1.165) is 6.07 Å². The average Bonchev–Trinajstić information content (AvgIpc) is 2.08. The molecule has 1 unspecified atom stereocenters. The number of aromatic carboxylic acids is 1. The van der Waals surface area contributed by atoms with Crippen molar-refractivity contribution in [2.75, 3.05) is 0 Å². The third-order valence-corrected chi connectivity index (χ3v) is 2.08. The molecule has 0 saturated heterocycles. The normalized spacial score (nSPS) is 12.6. The van der Waals surface area contributed by atoms with E-state index in [1.807, 2.05) is 0 Å². The number of hydrogen-bond donors (Lipinski definition) is 2. The van der Waals surface area contributed by atoms with E-state index in [0.29, 0.717) is 0 Å². The molecular formula is C10H11FO3. The highest BCUT2D eigenvalue weighted by Gasteiger charge is 2.14. The minimum Gasteiger partial charge on any atom is -0.478 e. The van der Waals surface area contributed by atoms with E-state index >= 15 is 0 Å². The molecule has 0 aliphatic heterocycles. The minimum absolute atomic E-state index is 0.0851. The molecule has 2 N–H and O–H groups in total. The van der Waals surface area contributed by atoms with Crippen LogP contribution in [0.2, 0.25) is 0 Å². The molecule has 0 fully saturated rings. The highest BCUT2D eigenvalue weighted by Crippen LogP contribution is 2.20. The van der Waals surface area contributed by atoms with Crippen molar-refractivity contribution < 1.29 is 19.4 Å². The summed E-state index contributed by atoms with van der Waals surface area (Å²) in [6.45, 7) is 2.85. The number of rotatable bonds is 2. The van der Waals surface area contributed by atoms with Crippen molar-refractivity contribution in [3.63, 3.8) is 0 Å². The van der Waals surface area contributed by atoms with Gasteiger partial charge in [0.1, 0.15) is 5.82 Å². The number of halogens is 1. The van der Waals surface area contributed by atoms with Gasteiger partial charge in [-0.15, -0.1) is 0 Å². The Hall–Kier alpha value is -1.42. The maximum Gasteiger partial charge on any atom is 0.336 e. The summed E-state index contributed by atoms with van der Waals surface area (Å²) in [4.78, 5) is 10.7. The number of benzene rings is 1. The molecule has 0 spiro atoms. The van der Waals surface area contributed by atoms with Gasteiger partial charge in [0.15, 0.2) is 0 Å². The Bertz CT molecular complexity index is 372. The third-order valence-electron chi connectivity index (χ3n) is 2.08. The van der Waals surface area contributed by atoms with Crippen LogP contribution >= 0.6 is 0 Å². The molecule has 0 amide bonds. The lowest BCUT2D eigenvalue weighted by Gasteiger charge is -2.08. The van der Waals surface area contributed by atoms with E-state index < -0.39 is 17.9 Å². The van der Waals surface area contributed by atoms with Gasteiger partial charge >= 0.3 is 5.97 Å². The fraction of sp³-hybridized carbons (Fsp3) is 0.300. The predicted octanol–water partition coefficient (Wildman–Crippen LogP) is 1.89. The van der Waals surface area contributed by atoms with E-state index in [4.69, 9.17) is 5.11 Å². The highest BCUT2D eigenvalue weighted by atomic mass is 19.1. The van der Waals surface area contributed by atoms with Crippen LogP contribution in [-0.2, 0) is 0 Å². The predicted molar refractivity (Wildman–Crippen MR) is 48.7 cm³/mol. The summed E-state index contributed by atoms with van der Waals surface area (Å²) in [7, 11) is 0. The second-order valence-corrected chi connectivity index (χ2v) is 3.16.